The van der Waals surface area contributed by atoms with Crippen molar-refractivity contribution in [2.75, 3.05) is 25.0 Å². The van der Waals surface area contributed by atoms with Crippen LogP contribution in [-0.4, -0.2) is 45.7 Å². The second-order valence-electron chi connectivity index (χ2n) is 4.45. The maximum atomic E-state index is 9.58. The molecule has 1 aliphatic rings. The molecular weight excluding hydrogens is 216 g/mol. The SMILES string of the molecule is CCNc1cnc(CN2CCCC(O)C2)cn1. The molecule has 1 aromatic heterocycles. The Morgan fingerprint density at radius 1 is 1.47 bits per heavy atom. The summed E-state index contributed by atoms with van der Waals surface area (Å²) < 4.78 is 0. The number of aliphatic hydroxyl groups is 1. The molecule has 1 saturated heterocycles. The van der Waals surface area contributed by atoms with Crippen LogP contribution in [0.3, 0.4) is 0 Å². The molecule has 2 heterocycles. The first-order chi connectivity index (χ1) is 8.28. The molecule has 17 heavy (non-hydrogen) atoms. The minimum atomic E-state index is -0.183. The lowest BCUT2D eigenvalue weighted by Gasteiger charge is -2.29. The second kappa shape index (κ2) is 5.93. The Hall–Kier alpha value is -1.20. The summed E-state index contributed by atoms with van der Waals surface area (Å²) in [5.41, 5.74) is 0.959. The quantitative estimate of drug-likeness (QED) is 0.812. The van der Waals surface area contributed by atoms with Crippen LogP contribution >= 0.6 is 0 Å². The van der Waals surface area contributed by atoms with E-state index < -0.39 is 0 Å². The normalized spacial score (nSPS) is 21.4. The number of nitrogens with one attached hydrogen (secondary N) is 1. The lowest BCUT2D eigenvalue weighted by molar-refractivity contribution is 0.0661. The van der Waals surface area contributed by atoms with E-state index in [0.29, 0.717) is 0 Å². The molecule has 94 valence electrons. The summed E-state index contributed by atoms with van der Waals surface area (Å²) in [6.45, 7) is 5.44. The van der Waals surface area contributed by atoms with Gasteiger partial charge in [0, 0.05) is 19.6 Å². The Morgan fingerprint density at radius 2 is 2.35 bits per heavy atom. The number of likely N-dealkylation sites (tertiary alicyclic amines) is 1. The Balaban J connectivity index is 1.89. The number of anilines is 1. The highest BCUT2D eigenvalue weighted by Gasteiger charge is 2.17. The molecular formula is C12H20N4O. The second-order valence-corrected chi connectivity index (χ2v) is 4.45. The number of aliphatic hydroxyl groups excluding tert-OH is 1. The fourth-order valence-corrected chi connectivity index (χ4v) is 2.11. The van der Waals surface area contributed by atoms with Gasteiger partial charge in [0.25, 0.3) is 0 Å². The van der Waals surface area contributed by atoms with Crippen LogP contribution in [0.25, 0.3) is 0 Å². The standard InChI is InChI=1S/C12H20N4O/c1-2-13-12-7-14-10(6-15-12)8-16-5-3-4-11(17)9-16/h6-7,11,17H,2-5,8-9H2,1H3,(H,13,15). The van der Waals surface area contributed by atoms with E-state index in [2.05, 4.69) is 20.2 Å². The first-order valence-corrected chi connectivity index (χ1v) is 6.23. The molecule has 1 aromatic rings. The van der Waals surface area contributed by atoms with Crippen molar-refractivity contribution in [3.8, 4) is 0 Å². The van der Waals surface area contributed by atoms with Crippen LogP contribution < -0.4 is 5.32 Å². The molecule has 1 atom stereocenters. The largest absolute Gasteiger partial charge is 0.392 e. The molecule has 0 aromatic carbocycles. The number of rotatable bonds is 4. The summed E-state index contributed by atoms with van der Waals surface area (Å²) in [6.07, 6.45) is 5.36. The van der Waals surface area contributed by atoms with Gasteiger partial charge in [0.05, 0.1) is 24.2 Å². The third-order valence-corrected chi connectivity index (χ3v) is 2.93. The maximum Gasteiger partial charge on any atom is 0.144 e. The van der Waals surface area contributed by atoms with Crippen molar-refractivity contribution in [3.05, 3.63) is 18.1 Å². The third kappa shape index (κ3) is 3.64. The molecule has 1 fully saturated rings. The van der Waals surface area contributed by atoms with Crippen molar-refractivity contribution in [1.82, 2.24) is 14.9 Å². The Bertz CT molecular complexity index is 341. The monoisotopic (exact) mass is 236 g/mol. The number of hydrogen-bond acceptors (Lipinski definition) is 5. The van der Waals surface area contributed by atoms with E-state index in [1.165, 1.54) is 0 Å². The van der Waals surface area contributed by atoms with Crippen LogP contribution in [0.2, 0.25) is 0 Å². The molecule has 0 radical (unpaired) electrons. The van der Waals surface area contributed by atoms with Crippen molar-refractivity contribution in [2.45, 2.75) is 32.4 Å². The average Bonchev–Trinajstić information content (AvgIpc) is 2.32. The lowest BCUT2D eigenvalue weighted by Crippen LogP contribution is -2.37. The molecule has 1 unspecified atom stereocenters. The highest BCUT2D eigenvalue weighted by atomic mass is 16.3. The minimum absolute atomic E-state index is 0.183. The number of hydrogen-bond donors (Lipinski definition) is 2. The first kappa shape index (κ1) is 12.3. The van der Waals surface area contributed by atoms with Crippen molar-refractivity contribution < 1.29 is 5.11 Å². The van der Waals surface area contributed by atoms with Gasteiger partial charge in [0.2, 0.25) is 0 Å². The maximum absolute atomic E-state index is 9.58. The van der Waals surface area contributed by atoms with Gasteiger partial charge in [-0.15, -0.1) is 0 Å². The van der Waals surface area contributed by atoms with Gasteiger partial charge in [-0.05, 0) is 26.3 Å². The highest BCUT2D eigenvalue weighted by molar-refractivity contribution is 5.30. The van der Waals surface area contributed by atoms with Gasteiger partial charge in [-0.25, -0.2) is 4.98 Å². The summed E-state index contributed by atoms with van der Waals surface area (Å²) >= 11 is 0. The predicted octanol–water partition coefficient (Wildman–Crippen LogP) is 0.865. The summed E-state index contributed by atoms with van der Waals surface area (Å²) in [5.74, 6) is 0.815. The molecule has 0 aliphatic carbocycles. The third-order valence-electron chi connectivity index (χ3n) is 2.93. The molecule has 0 saturated carbocycles. The van der Waals surface area contributed by atoms with Crippen LogP contribution in [0.4, 0.5) is 5.82 Å². The fourth-order valence-electron chi connectivity index (χ4n) is 2.11. The lowest BCUT2D eigenvalue weighted by atomic mass is 10.1. The molecule has 5 heteroatoms. The topological polar surface area (TPSA) is 61.3 Å². The van der Waals surface area contributed by atoms with E-state index in [9.17, 15) is 5.11 Å². The van der Waals surface area contributed by atoms with Gasteiger partial charge in [0.15, 0.2) is 0 Å². The number of aromatic nitrogens is 2. The van der Waals surface area contributed by atoms with Crippen LogP contribution in [0.1, 0.15) is 25.5 Å². The molecule has 5 nitrogen and oxygen atoms in total. The summed E-state index contributed by atoms with van der Waals surface area (Å²) in [5, 5.41) is 12.7. The van der Waals surface area contributed by atoms with Gasteiger partial charge in [-0.2, -0.15) is 0 Å². The molecule has 1 aliphatic heterocycles. The summed E-state index contributed by atoms with van der Waals surface area (Å²) in [7, 11) is 0. The molecule has 0 amide bonds. The Labute approximate surface area is 102 Å². The van der Waals surface area contributed by atoms with Gasteiger partial charge in [-0.3, -0.25) is 9.88 Å². The highest BCUT2D eigenvalue weighted by Crippen LogP contribution is 2.12. The molecule has 0 bridgehead atoms. The van der Waals surface area contributed by atoms with E-state index in [-0.39, 0.29) is 6.10 Å². The fraction of sp³-hybridized carbons (Fsp3) is 0.667. The van der Waals surface area contributed by atoms with Crippen LogP contribution in [0, 0.1) is 0 Å². The summed E-state index contributed by atoms with van der Waals surface area (Å²) in [6, 6.07) is 0. The number of nitrogens with zero attached hydrogens (tertiary/aromatic N) is 3. The Kier molecular flexibility index (Phi) is 4.28. The first-order valence-electron chi connectivity index (χ1n) is 6.23. The van der Waals surface area contributed by atoms with E-state index in [0.717, 1.165) is 50.5 Å². The molecule has 2 N–H and O–H groups in total. The smallest absolute Gasteiger partial charge is 0.144 e. The number of β-amino-alcohol motifs (C(OH)–C–C–N with tert-alkyl or cyclic N) is 1. The van der Waals surface area contributed by atoms with Crippen LogP contribution in [-0.2, 0) is 6.54 Å². The van der Waals surface area contributed by atoms with Crippen molar-refractivity contribution in [2.24, 2.45) is 0 Å². The minimum Gasteiger partial charge on any atom is -0.392 e. The zero-order chi connectivity index (χ0) is 12.1. The van der Waals surface area contributed by atoms with E-state index >= 15 is 0 Å². The van der Waals surface area contributed by atoms with Crippen molar-refractivity contribution in [3.63, 3.8) is 0 Å². The van der Waals surface area contributed by atoms with Crippen LogP contribution in [0.15, 0.2) is 12.4 Å². The van der Waals surface area contributed by atoms with E-state index in [4.69, 9.17) is 0 Å². The molecule has 0 spiro atoms. The van der Waals surface area contributed by atoms with Crippen LogP contribution in [0.5, 0.6) is 0 Å². The van der Waals surface area contributed by atoms with Gasteiger partial charge in [0.1, 0.15) is 5.82 Å². The van der Waals surface area contributed by atoms with Crippen molar-refractivity contribution >= 4 is 5.82 Å². The van der Waals surface area contributed by atoms with Crippen molar-refractivity contribution in [1.29, 1.82) is 0 Å². The average molecular weight is 236 g/mol. The van der Waals surface area contributed by atoms with Gasteiger partial charge in [-0.1, -0.05) is 0 Å². The van der Waals surface area contributed by atoms with E-state index in [1.807, 2.05) is 6.92 Å². The predicted molar refractivity (Wildman–Crippen MR) is 66.7 cm³/mol. The zero-order valence-corrected chi connectivity index (χ0v) is 10.3. The van der Waals surface area contributed by atoms with E-state index in [1.54, 1.807) is 12.4 Å². The Morgan fingerprint density at radius 3 is 3.00 bits per heavy atom. The molecule has 2 rings (SSSR count). The van der Waals surface area contributed by atoms with Gasteiger partial charge >= 0.3 is 0 Å². The summed E-state index contributed by atoms with van der Waals surface area (Å²) in [4.78, 5) is 10.9. The van der Waals surface area contributed by atoms with Gasteiger partial charge < -0.3 is 10.4 Å². The number of piperidine rings is 1. The zero-order valence-electron chi connectivity index (χ0n) is 10.3.